The number of carbonyl (C=O) groups is 2. The molecule has 82 heavy (non-hydrogen) atoms. The van der Waals surface area contributed by atoms with Crippen molar-refractivity contribution in [2.75, 3.05) is 62.3 Å². The first-order valence-electron chi connectivity index (χ1n) is 27.5. The number of likely N-dealkylation sites (N-methyl/N-ethyl adjacent to an activating group) is 2. The van der Waals surface area contributed by atoms with Crippen LogP contribution in [0.3, 0.4) is 0 Å². The number of nitrogens with zero attached hydrogens (tertiary/aromatic N) is 6. The van der Waals surface area contributed by atoms with Gasteiger partial charge >= 0.3 is 0 Å². The summed E-state index contributed by atoms with van der Waals surface area (Å²) in [7, 11) is -3.00. The van der Waals surface area contributed by atoms with Gasteiger partial charge in [0.2, 0.25) is 23.2 Å². The molecule has 20 nitrogen and oxygen atoms in total. The van der Waals surface area contributed by atoms with Crippen molar-refractivity contribution in [2.24, 2.45) is 0 Å². The summed E-state index contributed by atoms with van der Waals surface area (Å²) < 4.78 is 38.5. The highest BCUT2D eigenvalue weighted by Gasteiger charge is 2.51. The standard InChI is InChI=1S/C57H67Cl4N10O10P/c1-10-69-34-23-36-32(21-30(34)28(3)25-56(69,5)6)40(33-22-31-29(4)26-57(7,8)70(11-2)35(31)24-37(33)79-36)41-42(44(59)46(61)45(60)43(41)58)52(75)68(9)20-16-17-39(72)63-18-14-12-13-15-19-64-55-65-47-50(66-54(62)67-51(47)74)71(55)53-48(73)49-38(80-53)27-78-82(76,77)81-49/h21-26,38,48-49,53,73H,10-20,27H2,1-9H3,(H5,62,63,67,72,74,75,76,77)/t38-,48-,49-,53-/m1/s1. The zero-order valence-electron chi connectivity index (χ0n) is 47.1. The summed E-state index contributed by atoms with van der Waals surface area (Å²) in [6.07, 6.45) is 2.97. The van der Waals surface area contributed by atoms with E-state index in [9.17, 15) is 24.2 Å². The molecule has 5 aromatic rings. The van der Waals surface area contributed by atoms with Crippen molar-refractivity contribution < 1.29 is 42.7 Å². The number of anilines is 3. The maximum atomic E-state index is 15.1. The second-order valence-electron chi connectivity index (χ2n) is 22.5. The number of rotatable bonds is 17. The summed E-state index contributed by atoms with van der Waals surface area (Å²) in [6, 6.07) is 8.37. The molecule has 1 unspecified atom stereocenters. The van der Waals surface area contributed by atoms with Gasteiger partial charge in [-0.05, 0) is 90.2 Å². The number of allylic oxidation sites excluding steroid dienone is 2. The topological polar surface area (TPSA) is 255 Å². The van der Waals surface area contributed by atoms with E-state index in [1.807, 2.05) is 0 Å². The molecule has 10 rings (SSSR count). The number of hydrogen-bond acceptors (Lipinski definition) is 15. The Morgan fingerprint density at radius 1 is 0.939 bits per heavy atom. The first kappa shape index (κ1) is 59.6. The molecular weight excluding hydrogens is 1160 g/mol. The van der Waals surface area contributed by atoms with Gasteiger partial charge in [0.05, 0.1) is 43.9 Å². The maximum absolute atomic E-state index is 15.1. The number of aromatic nitrogens is 4. The van der Waals surface area contributed by atoms with E-state index in [0.29, 0.717) is 65.8 Å². The lowest BCUT2D eigenvalue weighted by atomic mass is 9.83. The Morgan fingerprint density at radius 2 is 1.65 bits per heavy atom. The highest BCUT2D eigenvalue weighted by atomic mass is 35.5. The van der Waals surface area contributed by atoms with Crippen LogP contribution in [0.4, 0.5) is 17.6 Å². The number of fused-ring (bicyclic) bond motifs is 6. The number of imidazole rings is 1. The lowest BCUT2D eigenvalue weighted by Crippen LogP contribution is -2.49. The third-order valence-corrected chi connectivity index (χ3v) is 18.8. The van der Waals surface area contributed by atoms with Gasteiger partial charge in [0.1, 0.15) is 36.4 Å². The zero-order valence-corrected chi connectivity index (χ0v) is 51.0. The van der Waals surface area contributed by atoms with Crippen molar-refractivity contribution in [3.63, 3.8) is 0 Å². The summed E-state index contributed by atoms with van der Waals surface area (Å²) in [5, 5.41) is 19.0. The predicted octanol–water partition coefficient (Wildman–Crippen LogP) is 8.18. The molecule has 0 aliphatic carbocycles. The number of phosphoric acid groups is 1. The number of unbranched alkanes of at least 4 members (excludes halogenated alkanes) is 3. The molecule has 2 amide bonds. The van der Waals surface area contributed by atoms with Gasteiger partial charge < -0.3 is 54.7 Å². The van der Waals surface area contributed by atoms with E-state index in [2.05, 4.69) is 127 Å². The van der Waals surface area contributed by atoms with Gasteiger partial charge in [-0.3, -0.25) is 28.5 Å². The third-order valence-electron chi connectivity index (χ3n) is 16.0. The van der Waals surface area contributed by atoms with E-state index in [1.165, 1.54) is 9.47 Å². The largest absolute Gasteiger partial charge is 0.756 e. The lowest BCUT2D eigenvalue weighted by Gasteiger charge is -2.43. The monoisotopic (exact) mass is 1220 g/mol. The number of nitrogen functional groups attached to an aromatic ring is 1. The molecule has 0 bridgehead atoms. The van der Waals surface area contributed by atoms with E-state index in [0.717, 1.165) is 59.2 Å². The van der Waals surface area contributed by atoms with E-state index in [1.54, 1.807) is 7.05 Å². The number of carbonyl (C=O) groups excluding carboxylic acids is 2. The van der Waals surface area contributed by atoms with E-state index < -0.39 is 43.8 Å². The van der Waals surface area contributed by atoms with Crippen molar-refractivity contribution >= 4 is 112 Å². The first-order chi connectivity index (χ1) is 38.8. The summed E-state index contributed by atoms with van der Waals surface area (Å²) in [4.78, 5) is 68.0. The normalized spacial score (nSPS) is 22.1. The third kappa shape index (κ3) is 10.9. The molecule has 3 aromatic carbocycles. The quantitative estimate of drug-likeness (QED) is 0.0190. The van der Waals surface area contributed by atoms with Crippen LogP contribution in [0.2, 0.25) is 20.1 Å². The Morgan fingerprint density at radius 3 is 2.37 bits per heavy atom. The Hall–Kier alpha value is -5.51. The summed E-state index contributed by atoms with van der Waals surface area (Å²) in [5.41, 5.74) is 11.5. The van der Waals surface area contributed by atoms with Gasteiger partial charge in [-0.1, -0.05) is 65.3 Å². The van der Waals surface area contributed by atoms with Crippen LogP contribution in [0.25, 0.3) is 27.9 Å². The van der Waals surface area contributed by atoms with Crippen LogP contribution < -0.4 is 51.6 Å². The molecule has 0 radical (unpaired) electrons. The number of benzene rings is 3. The molecule has 7 heterocycles. The molecule has 2 fully saturated rings. The van der Waals surface area contributed by atoms with E-state index in [-0.39, 0.29) is 85.3 Å². The number of nitrogens with two attached hydrogens (primary N) is 1. The van der Waals surface area contributed by atoms with Gasteiger partial charge in [-0.15, -0.1) is 0 Å². The summed E-state index contributed by atoms with van der Waals surface area (Å²) in [6.45, 7) is 19.4. The Labute approximate surface area is 494 Å². The highest BCUT2D eigenvalue weighted by Crippen LogP contribution is 2.52. The molecule has 0 saturated carbocycles. The first-order valence-corrected chi connectivity index (χ1v) is 30.5. The molecule has 438 valence electrons. The molecule has 25 heteroatoms. The molecule has 2 aromatic heterocycles. The van der Waals surface area contributed by atoms with Crippen LogP contribution in [0, 0.1) is 0 Å². The number of nitrogens with one attached hydrogen (secondary N) is 3. The second-order valence-corrected chi connectivity index (χ2v) is 25.4. The number of phosphoric ester groups is 1. The smallest absolute Gasteiger partial charge is 0.280 e. The number of hydrogen-bond donors (Lipinski definition) is 5. The summed E-state index contributed by atoms with van der Waals surface area (Å²) >= 11 is 28.4. The molecule has 0 spiro atoms. The fourth-order valence-electron chi connectivity index (χ4n) is 12.3. The molecule has 2 saturated heterocycles. The number of amides is 2. The van der Waals surface area contributed by atoms with E-state index >= 15 is 4.79 Å². The van der Waals surface area contributed by atoms with Crippen LogP contribution in [-0.2, 0) is 23.1 Å². The lowest BCUT2D eigenvalue weighted by molar-refractivity contribution is -0.245. The van der Waals surface area contributed by atoms with Crippen molar-refractivity contribution in [1.82, 2.24) is 34.3 Å². The van der Waals surface area contributed by atoms with Crippen LogP contribution in [0.1, 0.15) is 133 Å². The zero-order chi connectivity index (χ0) is 59.1. The SMILES string of the molecule is CCN1c2cc3c(cc2C(C)=CC1(C)C)C(c1c(Cl)c(Cl)c(Cl)c(Cl)c1C(=O)N(C)CCCC(=O)NCCCCCCNc1nc2c(=O)[nH]c(N)nc2n1[C@@H]1O[C@@H]2COP(=O)([O-])O[C@H]2[C@H]1O)=c1cc2c(cc1O3)=[N+](CC)C(C)(C)C=C2C. The second kappa shape index (κ2) is 22.8. The average Bonchev–Trinajstić information content (AvgIpc) is 1.27. The van der Waals surface area contributed by atoms with Crippen LogP contribution in [-0.4, -0.2) is 117 Å². The summed E-state index contributed by atoms with van der Waals surface area (Å²) in [5.74, 6) is 0.469. The minimum atomic E-state index is -4.65. The number of aliphatic hydroxyl groups is 1. The minimum Gasteiger partial charge on any atom is -0.756 e. The van der Waals surface area contributed by atoms with Crippen LogP contribution in [0.15, 0.2) is 41.2 Å². The Bertz CT molecular complexity index is 3790. The van der Waals surface area contributed by atoms with Crippen molar-refractivity contribution in [3.05, 3.63) is 105 Å². The van der Waals surface area contributed by atoms with Crippen LogP contribution in [0.5, 0.6) is 11.5 Å². The number of aromatic amines is 1. The number of halogens is 4. The van der Waals surface area contributed by atoms with Gasteiger partial charge in [0.15, 0.2) is 22.9 Å². The van der Waals surface area contributed by atoms with Gasteiger partial charge in [-0.2, -0.15) is 4.98 Å². The Kier molecular flexibility index (Phi) is 16.6. The minimum absolute atomic E-state index is 0.00362. The molecular formula is C57H67Cl4N10O10P. The molecule has 5 atom stereocenters. The average molecular weight is 1230 g/mol. The van der Waals surface area contributed by atoms with E-state index in [4.69, 9.17) is 70.7 Å². The van der Waals surface area contributed by atoms with Gasteiger partial charge in [0, 0.05) is 98.3 Å². The molecule has 5 aliphatic rings. The molecule has 5 aliphatic heterocycles. The molecule has 6 N–H and O–H groups in total. The van der Waals surface area contributed by atoms with Crippen molar-refractivity contribution in [1.29, 1.82) is 0 Å². The Balaban J connectivity index is 0.823. The fraction of sp³-hybridized carbons (Fsp3) is 0.474. The number of ether oxygens (including phenoxy) is 2. The van der Waals surface area contributed by atoms with Crippen molar-refractivity contribution in [2.45, 2.75) is 130 Å². The van der Waals surface area contributed by atoms with Gasteiger partial charge in [0.25, 0.3) is 19.3 Å². The number of aliphatic hydroxyl groups excluding tert-OH is 1. The maximum Gasteiger partial charge on any atom is 0.280 e. The van der Waals surface area contributed by atoms with Gasteiger partial charge in [-0.25, -0.2) is 9.56 Å². The van der Waals surface area contributed by atoms with Crippen LogP contribution >= 0.6 is 54.2 Å². The van der Waals surface area contributed by atoms with Crippen molar-refractivity contribution in [3.8, 4) is 11.5 Å². The number of H-pyrrole nitrogens is 1. The fourth-order valence-corrected chi connectivity index (χ4v) is 14.3. The highest BCUT2D eigenvalue weighted by molar-refractivity contribution is 7.46. The predicted molar refractivity (Wildman–Crippen MR) is 318 cm³/mol.